The maximum Gasteiger partial charge on any atom is 0.276 e. The predicted octanol–water partition coefficient (Wildman–Crippen LogP) is 7.22. The van der Waals surface area contributed by atoms with Gasteiger partial charge in [-0.1, -0.05) is 52.3 Å². The largest absolute Gasteiger partial charge is 0.506 e. The van der Waals surface area contributed by atoms with Gasteiger partial charge in [-0.05, 0) is 56.9 Å². The van der Waals surface area contributed by atoms with Crippen LogP contribution >= 0.6 is 46.4 Å². The average molecular weight is 686 g/mol. The molecule has 0 amide bonds. The minimum absolute atomic E-state index is 0.0312. The van der Waals surface area contributed by atoms with Crippen molar-refractivity contribution in [3.8, 4) is 46.1 Å². The Kier molecular flexibility index (Phi) is 9.42. The fraction of sp³-hybridized carbons (Fsp3) is 0.333. The number of fused-ring (bicyclic) bond motifs is 2. The molecule has 0 saturated carbocycles. The van der Waals surface area contributed by atoms with Crippen LogP contribution in [0.15, 0.2) is 33.9 Å². The summed E-state index contributed by atoms with van der Waals surface area (Å²) in [5.41, 5.74) is -0.463. The Balaban J connectivity index is 0.000000177. The number of phenols is 1. The van der Waals surface area contributed by atoms with Crippen molar-refractivity contribution in [1.29, 1.82) is 0 Å². The van der Waals surface area contributed by atoms with Gasteiger partial charge in [-0.3, -0.25) is 19.0 Å². The third-order valence-electron chi connectivity index (χ3n) is 7.46. The van der Waals surface area contributed by atoms with Crippen LogP contribution in [0.2, 0.25) is 20.4 Å². The van der Waals surface area contributed by atoms with Gasteiger partial charge >= 0.3 is 0 Å². The summed E-state index contributed by atoms with van der Waals surface area (Å²) in [6, 6.07) is 4.59. The van der Waals surface area contributed by atoms with Crippen LogP contribution in [0.25, 0.3) is 22.3 Å². The van der Waals surface area contributed by atoms with Crippen LogP contribution in [0, 0.1) is 24.0 Å². The summed E-state index contributed by atoms with van der Waals surface area (Å²) in [4.78, 5) is 25.0. The molecule has 2 aliphatic heterocycles. The van der Waals surface area contributed by atoms with E-state index < -0.39 is 17.7 Å². The number of rotatable bonds is 4. The molecule has 1 N–H and O–H groups in total. The maximum absolute atomic E-state index is 14.5. The Labute approximate surface area is 270 Å². The lowest BCUT2D eigenvalue weighted by Crippen LogP contribution is -2.27. The summed E-state index contributed by atoms with van der Waals surface area (Å²) in [7, 11) is 0. The number of terminal acetylenes is 1. The Morgan fingerprint density at radius 2 is 1.20 bits per heavy atom. The fourth-order valence-corrected chi connectivity index (χ4v) is 6.33. The highest BCUT2D eigenvalue weighted by atomic mass is 35.5. The van der Waals surface area contributed by atoms with E-state index >= 15 is 0 Å². The standard InChI is InChI=1S/C17H15Cl2FN2O2.C13H11Cl2FN2O2/c1-3-10(2)24-14-8-11(13(20)9-12(14)18)15-16(19)21-6-4-5-7-22(21)17(15)23;14-8-6-9(16)7(5-10(8)19)11-12(15)17-3-1-2-4-18(17)13(11)20/h1,8-10H,4-7H2,2H3;5-6,19H,1-4H2. The SMILES string of the molecule is C#CC(C)Oc1cc(-c2c(Cl)n3n(c2=O)CCCC3)c(F)cc1Cl.O=c1c(-c2cc(O)c(Cl)cc2F)c(Cl)n2n1CCCC2. The van der Waals surface area contributed by atoms with Crippen LogP contribution in [0.4, 0.5) is 8.78 Å². The maximum atomic E-state index is 14.5. The molecule has 232 valence electrons. The van der Waals surface area contributed by atoms with E-state index in [1.165, 1.54) is 10.7 Å². The van der Waals surface area contributed by atoms with Crippen molar-refractivity contribution in [2.24, 2.45) is 0 Å². The Bertz CT molecular complexity index is 1920. The summed E-state index contributed by atoms with van der Waals surface area (Å²) >= 11 is 24.2. The van der Waals surface area contributed by atoms with Crippen LogP contribution in [0.5, 0.6) is 11.5 Å². The summed E-state index contributed by atoms with van der Waals surface area (Å²) < 4.78 is 40.4. The second kappa shape index (κ2) is 12.9. The van der Waals surface area contributed by atoms with Crippen molar-refractivity contribution >= 4 is 46.4 Å². The number of aromatic hydroxyl groups is 1. The van der Waals surface area contributed by atoms with Gasteiger partial charge in [-0.15, -0.1) is 6.42 Å². The first-order valence-corrected chi connectivity index (χ1v) is 15.2. The van der Waals surface area contributed by atoms with Crippen molar-refractivity contribution in [3.05, 3.63) is 77.0 Å². The van der Waals surface area contributed by atoms with Crippen molar-refractivity contribution in [1.82, 2.24) is 18.7 Å². The molecule has 2 aromatic carbocycles. The fourth-order valence-electron chi connectivity index (χ4n) is 5.27. The van der Waals surface area contributed by atoms with E-state index in [2.05, 4.69) is 5.92 Å². The average Bonchev–Trinajstić information content (AvgIpc) is 3.41. The normalized spacial score (nSPS) is 14.6. The van der Waals surface area contributed by atoms with Crippen LogP contribution in [-0.2, 0) is 26.2 Å². The van der Waals surface area contributed by atoms with Crippen molar-refractivity contribution in [3.63, 3.8) is 0 Å². The molecule has 0 fully saturated rings. The Hall–Kier alpha value is -3.36. The highest BCUT2D eigenvalue weighted by Crippen LogP contribution is 2.37. The molecule has 6 rings (SSSR count). The van der Waals surface area contributed by atoms with Gasteiger partial charge in [-0.2, -0.15) is 0 Å². The molecule has 0 saturated heterocycles. The van der Waals surface area contributed by atoms with E-state index in [1.807, 2.05) is 0 Å². The third-order valence-corrected chi connectivity index (χ3v) is 8.83. The van der Waals surface area contributed by atoms with E-state index in [0.717, 1.165) is 43.9 Å². The summed E-state index contributed by atoms with van der Waals surface area (Å²) in [5.74, 6) is 1.01. The molecule has 1 atom stereocenters. The molecule has 4 heterocycles. The molecule has 0 bridgehead atoms. The van der Waals surface area contributed by atoms with E-state index in [9.17, 15) is 23.5 Å². The molecule has 0 aliphatic carbocycles. The van der Waals surface area contributed by atoms with Crippen LogP contribution in [-0.4, -0.2) is 29.9 Å². The van der Waals surface area contributed by atoms with E-state index in [4.69, 9.17) is 57.6 Å². The van der Waals surface area contributed by atoms with Gasteiger partial charge in [0.1, 0.15) is 33.4 Å². The first kappa shape index (κ1) is 32.0. The third kappa shape index (κ3) is 5.86. The lowest BCUT2D eigenvalue weighted by atomic mass is 10.1. The first-order valence-electron chi connectivity index (χ1n) is 13.7. The lowest BCUT2D eigenvalue weighted by Gasteiger charge is -2.17. The number of phenolic OH excluding ortho intramolecular Hbond substituents is 1. The van der Waals surface area contributed by atoms with Gasteiger partial charge in [0.2, 0.25) is 0 Å². The van der Waals surface area contributed by atoms with Crippen LogP contribution in [0.1, 0.15) is 32.6 Å². The molecular formula is C30H26Cl4F2N4O4. The second-order valence-electron chi connectivity index (χ2n) is 10.3. The lowest BCUT2D eigenvalue weighted by molar-refractivity contribution is 0.279. The quantitative estimate of drug-likeness (QED) is 0.230. The Morgan fingerprint density at radius 1 is 0.773 bits per heavy atom. The molecule has 1 unspecified atom stereocenters. The number of hydrogen-bond donors (Lipinski definition) is 1. The predicted molar refractivity (Wildman–Crippen MR) is 167 cm³/mol. The minimum atomic E-state index is -0.685. The molecule has 2 aromatic heterocycles. The molecule has 4 aromatic rings. The van der Waals surface area contributed by atoms with E-state index in [-0.39, 0.29) is 65.2 Å². The number of benzene rings is 2. The molecule has 0 spiro atoms. The molecule has 8 nitrogen and oxygen atoms in total. The topological polar surface area (TPSA) is 83.3 Å². The molecule has 14 heteroatoms. The summed E-state index contributed by atoms with van der Waals surface area (Å²) in [6.45, 7) is 4.03. The highest BCUT2D eigenvalue weighted by molar-refractivity contribution is 6.34. The molecule has 0 radical (unpaired) electrons. The van der Waals surface area contributed by atoms with Gasteiger partial charge in [0.05, 0.1) is 21.2 Å². The van der Waals surface area contributed by atoms with Gasteiger partial charge in [0, 0.05) is 37.3 Å². The van der Waals surface area contributed by atoms with Crippen molar-refractivity contribution in [2.45, 2.75) is 64.9 Å². The van der Waals surface area contributed by atoms with Gasteiger partial charge in [-0.25, -0.2) is 18.1 Å². The smallest absolute Gasteiger partial charge is 0.276 e. The number of aromatic nitrogens is 4. The zero-order valence-electron chi connectivity index (χ0n) is 23.3. The van der Waals surface area contributed by atoms with Crippen LogP contribution < -0.4 is 15.9 Å². The molecular weight excluding hydrogens is 660 g/mol. The van der Waals surface area contributed by atoms with Gasteiger partial charge in [0.25, 0.3) is 11.1 Å². The monoisotopic (exact) mass is 684 g/mol. The van der Waals surface area contributed by atoms with E-state index in [0.29, 0.717) is 26.2 Å². The van der Waals surface area contributed by atoms with E-state index in [1.54, 1.807) is 21.0 Å². The molecule has 2 aliphatic rings. The van der Waals surface area contributed by atoms with Crippen molar-refractivity contribution < 1.29 is 18.6 Å². The number of nitrogens with zero attached hydrogens (tertiary/aromatic N) is 4. The van der Waals surface area contributed by atoms with Crippen molar-refractivity contribution in [2.75, 3.05) is 0 Å². The zero-order chi connectivity index (χ0) is 31.9. The number of ether oxygens (including phenoxy) is 1. The van der Waals surface area contributed by atoms with Gasteiger partial charge < -0.3 is 9.84 Å². The number of hydrogen-bond acceptors (Lipinski definition) is 4. The molecule has 44 heavy (non-hydrogen) atoms. The Morgan fingerprint density at radius 3 is 1.66 bits per heavy atom. The van der Waals surface area contributed by atoms with Gasteiger partial charge in [0.15, 0.2) is 6.10 Å². The minimum Gasteiger partial charge on any atom is -0.506 e. The summed E-state index contributed by atoms with van der Waals surface area (Å²) in [6.07, 6.45) is 8.36. The van der Waals surface area contributed by atoms with Crippen LogP contribution in [0.3, 0.4) is 0 Å². The first-order chi connectivity index (χ1) is 20.9. The summed E-state index contributed by atoms with van der Waals surface area (Å²) in [5, 5.41) is 10.00. The highest BCUT2D eigenvalue weighted by Gasteiger charge is 2.26. The number of halogens is 6. The second-order valence-corrected chi connectivity index (χ2v) is 11.9. The zero-order valence-corrected chi connectivity index (χ0v) is 26.4.